The van der Waals surface area contributed by atoms with Crippen LogP contribution in [0.15, 0.2) is 66.5 Å². The van der Waals surface area contributed by atoms with Crippen LogP contribution in [0.5, 0.6) is 5.75 Å². The predicted octanol–water partition coefficient (Wildman–Crippen LogP) is 6.15. The second kappa shape index (κ2) is 9.49. The number of aliphatic hydroxyl groups is 1. The van der Waals surface area contributed by atoms with Gasteiger partial charge in [-0.15, -0.1) is 0 Å². The zero-order valence-electron chi connectivity index (χ0n) is 18.8. The van der Waals surface area contributed by atoms with E-state index < -0.39 is 23.5 Å². The summed E-state index contributed by atoms with van der Waals surface area (Å²) >= 11 is 12.4. The highest BCUT2D eigenvalue weighted by atomic mass is 35.5. The van der Waals surface area contributed by atoms with Gasteiger partial charge < -0.3 is 9.84 Å². The quantitative estimate of drug-likeness (QED) is 0.260. The van der Waals surface area contributed by atoms with E-state index in [1.807, 2.05) is 12.1 Å². The fraction of sp³-hybridized carbons (Fsp3) is 0.192. The van der Waals surface area contributed by atoms with Gasteiger partial charge in [-0.3, -0.25) is 19.5 Å². The van der Waals surface area contributed by atoms with E-state index >= 15 is 0 Å². The molecule has 3 aromatic rings. The number of Topliss-reactive ketones (excluding diaryl/α,β-unsaturated/α-hetero) is 1. The topological polar surface area (TPSA) is 79.7 Å². The highest BCUT2D eigenvalue weighted by Crippen LogP contribution is 2.44. The van der Waals surface area contributed by atoms with Crippen LogP contribution in [0.1, 0.15) is 42.5 Å². The number of ketones is 1. The van der Waals surface area contributed by atoms with Crippen molar-refractivity contribution in [2.24, 2.45) is 0 Å². The van der Waals surface area contributed by atoms with E-state index in [9.17, 15) is 14.7 Å². The third-order valence-electron chi connectivity index (χ3n) is 5.75. The van der Waals surface area contributed by atoms with Gasteiger partial charge in [0.2, 0.25) is 0 Å². The van der Waals surface area contributed by atoms with Crippen LogP contribution < -0.4 is 9.64 Å². The molecule has 1 fully saturated rings. The second-order valence-electron chi connectivity index (χ2n) is 8.17. The van der Waals surface area contributed by atoms with Crippen LogP contribution in [0.3, 0.4) is 0 Å². The van der Waals surface area contributed by atoms with E-state index in [2.05, 4.69) is 18.8 Å². The molecule has 1 N–H and O–H groups in total. The molecule has 2 aromatic carbocycles. The van der Waals surface area contributed by atoms with Gasteiger partial charge in [-0.1, -0.05) is 55.2 Å². The number of nitrogens with zero attached hydrogens (tertiary/aromatic N) is 2. The molecule has 1 unspecified atom stereocenters. The molecule has 2 heterocycles. The Morgan fingerprint density at radius 2 is 1.82 bits per heavy atom. The summed E-state index contributed by atoms with van der Waals surface area (Å²) in [5, 5.41) is 11.7. The largest absolute Gasteiger partial charge is 0.507 e. The average Bonchev–Trinajstić information content (AvgIpc) is 3.09. The van der Waals surface area contributed by atoms with Crippen molar-refractivity contribution < 1.29 is 19.4 Å². The summed E-state index contributed by atoms with van der Waals surface area (Å²) in [5.74, 6) is -1.59. The summed E-state index contributed by atoms with van der Waals surface area (Å²) in [4.78, 5) is 32.1. The first-order chi connectivity index (χ1) is 16.2. The first-order valence-corrected chi connectivity index (χ1v) is 11.3. The first-order valence-electron chi connectivity index (χ1n) is 10.6. The van der Waals surface area contributed by atoms with E-state index in [0.717, 1.165) is 5.56 Å². The Bertz CT molecular complexity index is 1290. The summed E-state index contributed by atoms with van der Waals surface area (Å²) in [6.45, 7) is 4.14. The van der Waals surface area contributed by atoms with Crippen molar-refractivity contribution in [1.82, 2.24) is 4.98 Å². The number of rotatable bonds is 5. The lowest BCUT2D eigenvalue weighted by molar-refractivity contribution is -0.132. The number of methoxy groups -OCH3 is 1. The molecule has 1 amide bonds. The minimum atomic E-state index is -0.916. The number of aromatic nitrogens is 1. The monoisotopic (exact) mass is 496 g/mol. The Balaban J connectivity index is 1.96. The SMILES string of the molecule is COc1c(Cl)cc(Cl)cc1/C(O)=C1\C(=O)C(=O)N(c2ccc(C(C)C)cc2)C1c1cccnc1. The third kappa shape index (κ3) is 4.15. The van der Waals surface area contributed by atoms with E-state index in [4.69, 9.17) is 27.9 Å². The second-order valence-corrected chi connectivity index (χ2v) is 9.01. The third-order valence-corrected chi connectivity index (χ3v) is 6.25. The highest BCUT2D eigenvalue weighted by Gasteiger charge is 2.47. The van der Waals surface area contributed by atoms with Crippen molar-refractivity contribution in [2.45, 2.75) is 25.8 Å². The molecule has 6 nitrogen and oxygen atoms in total. The molecule has 1 aliphatic heterocycles. The molecule has 0 saturated carbocycles. The molecule has 1 saturated heterocycles. The van der Waals surface area contributed by atoms with Crippen LogP contribution in [-0.2, 0) is 9.59 Å². The van der Waals surface area contributed by atoms with Gasteiger partial charge in [-0.2, -0.15) is 0 Å². The predicted molar refractivity (Wildman–Crippen MR) is 133 cm³/mol. The number of anilines is 1. The van der Waals surface area contributed by atoms with Crippen molar-refractivity contribution in [3.05, 3.63) is 93.2 Å². The maximum atomic E-state index is 13.3. The number of ether oxygens (including phenoxy) is 1. The lowest BCUT2D eigenvalue weighted by atomic mass is 9.95. The molecular formula is C26H22Cl2N2O4. The molecule has 0 radical (unpaired) electrons. The Kier molecular flexibility index (Phi) is 6.64. The standard InChI is InChI=1S/C26H22Cl2N2O4/c1-14(2)15-6-8-18(9-7-15)30-22(16-5-4-10-29-13-16)21(24(32)26(30)33)23(31)19-11-17(27)12-20(28)25(19)34-3/h4-14,22,31H,1-3H3/b23-21+. The van der Waals surface area contributed by atoms with Gasteiger partial charge in [0.15, 0.2) is 0 Å². The smallest absolute Gasteiger partial charge is 0.300 e. The maximum Gasteiger partial charge on any atom is 0.300 e. The van der Waals surface area contributed by atoms with Crippen molar-refractivity contribution in [2.75, 3.05) is 12.0 Å². The number of amides is 1. The van der Waals surface area contributed by atoms with E-state index in [-0.39, 0.29) is 26.9 Å². The van der Waals surface area contributed by atoms with Crippen LogP contribution in [0, 0.1) is 0 Å². The average molecular weight is 497 g/mol. The number of hydrogen-bond donors (Lipinski definition) is 1. The molecule has 0 aliphatic carbocycles. The van der Waals surface area contributed by atoms with Crippen molar-refractivity contribution in [3.63, 3.8) is 0 Å². The highest BCUT2D eigenvalue weighted by molar-refractivity contribution is 6.51. The van der Waals surface area contributed by atoms with Crippen LogP contribution in [0.2, 0.25) is 10.0 Å². The number of aliphatic hydroxyl groups excluding tert-OH is 1. The van der Waals surface area contributed by atoms with E-state index in [1.54, 1.807) is 36.7 Å². The first kappa shape index (κ1) is 23.8. The molecular weight excluding hydrogens is 475 g/mol. The minimum absolute atomic E-state index is 0.109. The van der Waals surface area contributed by atoms with Gasteiger partial charge in [-0.05, 0) is 47.4 Å². The number of benzene rings is 2. The van der Waals surface area contributed by atoms with Crippen molar-refractivity contribution >= 4 is 46.3 Å². The van der Waals surface area contributed by atoms with Gasteiger partial charge in [0.25, 0.3) is 11.7 Å². The molecule has 8 heteroatoms. The van der Waals surface area contributed by atoms with Crippen LogP contribution in [0.25, 0.3) is 5.76 Å². The number of halogens is 2. The minimum Gasteiger partial charge on any atom is -0.507 e. The summed E-state index contributed by atoms with van der Waals surface area (Å²) < 4.78 is 5.35. The maximum absolute atomic E-state index is 13.3. The van der Waals surface area contributed by atoms with Gasteiger partial charge in [0, 0.05) is 23.1 Å². The molecule has 4 rings (SSSR count). The Labute approximate surface area is 207 Å². The van der Waals surface area contributed by atoms with Crippen LogP contribution in [0.4, 0.5) is 5.69 Å². The molecule has 0 bridgehead atoms. The normalized spacial score (nSPS) is 17.5. The Hall–Kier alpha value is -3.35. The summed E-state index contributed by atoms with van der Waals surface area (Å²) in [6.07, 6.45) is 3.15. The molecule has 1 atom stereocenters. The number of hydrogen-bond acceptors (Lipinski definition) is 5. The lowest BCUT2D eigenvalue weighted by Gasteiger charge is -2.25. The fourth-order valence-corrected chi connectivity index (χ4v) is 4.63. The van der Waals surface area contributed by atoms with Gasteiger partial charge in [0.05, 0.1) is 29.3 Å². The van der Waals surface area contributed by atoms with Crippen molar-refractivity contribution in [3.8, 4) is 5.75 Å². The Morgan fingerprint density at radius 3 is 2.41 bits per heavy atom. The van der Waals surface area contributed by atoms with Gasteiger partial charge >= 0.3 is 0 Å². The summed E-state index contributed by atoms with van der Waals surface area (Å²) in [7, 11) is 1.39. The molecule has 174 valence electrons. The van der Waals surface area contributed by atoms with Crippen LogP contribution in [-0.4, -0.2) is 28.9 Å². The van der Waals surface area contributed by atoms with Crippen molar-refractivity contribution in [1.29, 1.82) is 0 Å². The zero-order valence-corrected chi connectivity index (χ0v) is 20.3. The number of carbonyl (C=O) groups excluding carboxylic acids is 2. The van der Waals surface area contributed by atoms with Gasteiger partial charge in [-0.25, -0.2) is 0 Å². The van der Waals surface area contributed by atoms with E-state index in [1.165, 1.54) is 24.1 Å². The fourth-order valence-electron chi connectivity index (χ4n) is 4.06. The Morgan fingerprint density at radius 1 is 1.12 bits per heavy atom. The number of carbonyl (C=O) groups is 2. The molecule has 1 aromatic heterocycles. The van der Waals surface area contributed by atoms with Crippen LogP contribution >= 0.6 is 23.2 Å². The lowest BCUT2D eigenvalue weighted by Crippen LogP contribution is -2.29. The number of pyridine rings is 1. The zero-order chi connectivity index (χ0) is 24.6. The summed E-state index contributed by atoms with van der Waals surface area (Å²) in [6, 6.07) is 12.8. The summed E-state index contributed by atoms with van der Waals surface area (Å²) in [5.41, 5.74) is 2.18. The molecule has 34 heavy (non-hydrogen) atoms. The van der Waals surface area contributed by atoms with Gasteiger partial charge in [0.1, 0.15) is 11.5 Å². The molecule has 1 aliphatic rings. The molecule has 0 spiro atoms. The van der Waals surface area contributed by atoms with E-state index in [0.29, 0.717) is 17.2 Å².